The van der Waals surface area contributed by atoms with Crippen LogP contribution in [-0.4, -0.2) is 27.5 Å². The lowest BCUT2D eigenvalue weighted by Gasteiger charge is -2.26. The number of ketones is 1. The number of ether oxygens (including phenoxy) is 1. The van der Waals surface area contributed by atoms with Crippen molar-refractivity contribution in [3.05, 3.63) is 18.2 Å². The van der Waals surface area contributed by atoms with Crippen molar-refractivity contribution in [3.8, 4) is 0 Å². The Balaban J connectivity index is 2.76. The molecule has 1 heterocycles. The monoisotopic (exact) mass is 252 g/mol. The van der Waals surface area contributed by atoms with Crippen molar-refractivity contribution in [1.29, 1.82) is 0 Å². The largest absolute Gasteiger partial charge is 0.368 e. The Bertz CT molecular complexity index is 387. The van der Waals surface area contributed by atoms with Crippen LogP contribution in [0.5, 0.6) is 0 Å². The molecule has 1 aromatic rings. The molecule has 0 bridgehead atoms. The highest BCUT2D eigenvalue weighted by molar-refractivity contribution is 5.88. The zero-order valence-electron chi connectivity index (χ0n) is 11.9. The van der Waals surface area contributed by atoms with Crippen LogP contribution in [0.4, 0.5) is 0 Å². The van der Waals surface area contributed by atoms with E-state index in [9.17, 15) is 4.79 Å². The summed E-state index contributed by atoms with van der Waals surface area (Å²) in [6.07, 6.45) is 5.75. The van der Waals surface area contributed by atoms with E-state index in [0.29, 0.717) is 19.4 Å². The molecule has 18 heavy (non-hydrogen) atoms. The molecule has 0 aliphatic heterocycles. The number of nitrogens with zero attached hydrogens (tertiary/aromatic N) is 2. The van der Waals surface area contributed by atoms with Gasteiger partial charge in [0.25, 0.3) is 0 Å². The summed E-state index contributed by atoms with van der Waals surface area (Å²) in [5, 5.41) is 0. The fraction of sp³-hybridized carbons (Fsp3) is 0.714. The zero-order valence-corrected chi connectivity index (χ0v) is 11.9. The van der Waals surface area contributed by atoms with Gasteiger partial charge < -0.3 is 9.30 Å². The number of rotatable bonds is 8. The van der Waals surface area contributed by atoms with Crippen LogP contribution in [0.25, 0.3) is 0 Å². The predicted molar refractivity (Wildman–Crippen MR) is 71.6 cm³/mol. The smallest absolute Gasteiger partial charge is 0.171 e. The van der Waals surface area contributed by atoms with Crippen molar-refractivity contribution in [2.75, 3.05) is 6.61 Å². The number of Topliss-reactive ketones (excluding diaryl/α,β-unsaturated/α-hetero) is 1. The number of carbonyl (C=O) groups excluding carboxylic acids is 1. The van der Waals surface area contributed by atoms with Crippen molar-refractivity contribution >= 4 is 5.78 Å². The number of imidazole rings is 1. The van der Waals surface area contributed by atoms with E-state index in [1.165, 1.54) is 0 Å². The summed E-state index contributed by atoms with van der Waals surface area (Å²) in [6.45, 7) is 9.33. The second-order valence-electron chi connectivity index (χ2n) is 4.65. The summed E-state index contributed by atoms with van der Waals surface area (Å²) in [5.74, 6) is 0.941. The molecule has 1 aromatic heterocycles. The summed E-state index contributed by atoms with van der Waals surface area (Å²) < 4.78 is 7.64. The molecule has 0 saturated carbocycles. The molecule has 0 spiro atoms. The first-order valence-corrected chi connectivity index (χ1v) is 6.74. The second kappa shape index (κ2) is 6.69. The number of hydrogen-bond acceptors (Lipinski definition) is 3. The molecule has 4 nitrogen and oxygen atoms in total. The Morgan fingerprint density at radius 1 is 1.44 bits per heavy atom. The molecule has 102 valence electrons. The zero-order chi connectivity index (χ0) is 13.6. The number of aromatic nitrogens is 2. The molecule has 0 saturated heterocycles. The summed E-state index contributed by atoms with van der Waals surface area (Å²) in [6, 6.07) is 0. The average Bonchev–Trinajstić information content (AvgIpc) is 2.77. The van der Waals surface area contributed by atoms with Crippen LogP contribution in [-0.2, 0) is 22.5 Å². The van der Waals surface area contributed by atoms with Crippen molar-refractivity contribution in [2.24, 2.45) is 0 Å². The van der Waals surface area contributed by atoms with Crippen molar-refractivity contribution in [1.82, 2.24) is 9.55 Å². The van der Waals surface area contributed by atoms with Gasteiger partial charge >= 0.3 is 0 Å². The SMILES string of the molecule is CCCn1ccnc1CC(=O)C(C)(CC)OCC. The second-order valence-corrected chi connectivity index (χ2v) is 4.65. The van der Waals surface area contributed by atoms with Gasteiger partial charge in [0, 0.05) is 25.5 Å². The highest BCUT2D eigenvalue weighted by atomic mass is 16.5. The summed E-state index contributed by atoms with van der Waals surface area (Å²) >= 11 is 0. The minimum Gasteiger partial charge on any atom is -0.368 e. The first kappa shape index (κ1) is 14.9. The first-order chi connectivity index (χ1) is 8.57. The average molecular weight is 252 g/mol. The molecule has 0 fully saturated rings. The molecule has 0 radical (unpaired) electrons. The Morgan fingerprint density at radius 3 is 2.72 bits per heavy atom. The normalized spacial score (nSPS) is 14.4. The molecule has 0 aromatic carbocycles. The van der Waals surface area contributed by atoms with Gasteiger partial charge in [-0.2, -0.15) is 0 Å². The minimum atomic E-state index is -0.683. The van der Waals surface area contributed by atoms with E-state index in [4.69, 9.17) is 4.74 Å². The molecule has 0 amide bonds. The van der Waals surface area contributed by atoms with Gasteiger partial charge in [-0.25, -0.2) is 4.98 Å². The minimum absolute atomic E-state index is 0.107. The Hall–Kier alpha value is -1.16. The number of aryl methyl sites for hydroxylation is 1. The van der Waals surface area contributed by atoms with Crippen molar-refractivity contribution in [3.63, 3.8) is 0 Å². The van der Waals surface area contributed by atoms with Crippen molar-refractivity contribution in [2.45, 2.75) is 59.1 Å². The molecule has 0 N–H and O–H groups in total. The molecule has 0 aliphatic rings. The van der Waals surface area contributed by atoms with Gasteiger partial charge in [-0.05, 0) is 26.7 Å². The molecule has 1 unspecified atom stereocenters. The molecule has 1 atom stereocenters. The van der Waals surface area contributed by atoms with Gasteiger partial charge in [0.05, 0.1) is 6.42 Å². The molecular formula is C14H24N2O2. The maximum absolute atomic E-state index is 12.3. The molecule has 1 rings (SSSR count). The lowest BCUT2D eigenvalue weighted by Crippen LogP contribution is -2.39. The summed E-state index contributed by atoms with van der Waals surface area (Å²) in [7, 11) is 0. The predicted octanol–water partition coefficient (Wildman–Crippen LogP) is 2.61. The maximum atomic E-state index is 12.3. The third kappa shape index (κ3) is 3.42. The van der Waals surface area contributed by atoms with Crippen LogP contribution in [0.15, 0.2) is 12.4 Å². The standard InChI is InChI=1S/C14H24N2O2/c1-5-9-16-10-8-15-13(16)11-12(17)14(4,6-2)18-7-3/h8,10H,5-7,9,11H2,1-4H3. The van der Waals surface area contributed by atoms with Crippen LogP contribution in [0.3, 0.4) is 0 Å². The van der Waals surface area contributed by atoms with Crippen LogP contribution < -0.4 is 0 Å². The number of carbonyl (C=O) groups is 1. The van der Waals surface area contributed by atoms with Crippen LogP contribution >= 0.6 is 0 Å². The van der Waals surface area contributed by atoms with Gasteiger partial charge in [-0.1, -0.05) is 13.8 Å². The van der Waals surface area contributed by atoms with Gasteiger partial charge in [-0.15, -0.1) is 0 Å². The Labute approximate surface area is 109 Å². The van der Waals surface area contributed by atoms with Gasteiger partial charge in [-0.3, -0.25) is 4.79 Å². The lowest BCUT2D eigenvalue weighted by atomic mass is 9.95. The van der Waals surface area contributed by atoms with E-state index in [-0.39, 0.29) is 5.78 Å². The van der Waals surface area contributed by atoms with Crippen LogP contribution in [0, 0.1) is 0 Å². The quantitative estimate of drug-likeness (QED) is 0.714. The first-order valence-electron chi connectivity index (χ1n) is 6.74. The van der Waals surface area contributed by atoms with Gasteiger partial charge in [0.2, 0.25) is 0 Å². The van der Waals surface area contributed by atoms with Crippen LogP contribution in [0.2, 0.25) is 0 Å². The topological polar surface area (TPSA) is 44.1 Å². The summed E-state index contributed by atoms with van der Waals surface area (Å²) in [4.78, 5) is 16.6. The third-order valence-electron chi connectivity index (χ3n) is 3.31. The fourth-order valence-corrected chi connectivity index (χ4v) is 1.98. The highest BCUT2D eigenvalue weighted by Crippen LogP contribution is 2.19. The van der Waals surface area contributed by atoms with E-state index >= 15 is 0 Å². The maximum Gasteiger partial charge on any atom is 0.171 e. The van der Waals surface area contributed by atoms with Crippen LogP contribution in [0.1, 0.15) is 46.4 Å². The van der Waals surface area contributed by atoms with E-state index in [1.807, 2.05) is 31.5 Å². The fourth-order valence-electron chi connectivity index (χ4n) is 1.98. The molecule has 0 aliphatic carbocycles. The lowest BCUT2D eigenvalue weighted by molar-refractivity contribution is -0.141. The van der Waals surface area contributed by atoms with Crippen molar-refractivity contribution < 1.29 is 9.53 Å². The number of hydrogen-bond donors (Lipinski definition) is 0. The Kier molecular flexibility index (Phi) is 5.54. The van der Waals surface area contributed by atoms with Gasteiger partial charge in [0.1, 0.15) is 11.4 Å². The Morgan fingerprint density at radius 2 is 2.17 bits per heavy atom. The molecular weight excluding hydrogens is 228 g/mol. The third-order valence-corrected chi connectivity index (χ3v) is 3.31. The molecule has 4 heteroatoms. The summed E-state index contributed by atoms with van der Waals surface area (Å²) in [5.41, 5.74) is -0.683. The highest BCUT2D eigenvalue weighted by Gasteiger charge is 2.32. The van der Waals surface area contributed by atoms with Gasteiger partial charge in [0.15, 0.2) is 5.78 Å². The van der Waals surface area contributed by atoms with E-state index < -0.39 is 5.60 Å². The van der Waals surface area contributed by atoms with E-state index in [0.717, 1.165) is 18.8 Å². The van der Waals surface area contributed by atoms with E-state index in [2.05, 4.69) is 11.9 Å². The van der Waals surface area contributed by atoms with E-state index in [1.54, 1.807) is 6.20 Å².